The molecule has 0 aromatic heterocycles. The van der Waals surface area contributed by atoms with Crippen molar-refractivity contribution in [1.82, 2.24) is 0 Å². The minimum atomic E-state index is 0.948. The first-order valence-electron chi connectivity index (χ1n) is 8.00. The largest absolute Gasteiger partial charge is 0.101 e. The van der Waals surface area contributed by atoms with Crippen LogP contribution in [-0.2, 0) is 0 Å². The summed E-state index contributed by atoms with van der Waals surface area (Å²) in [5, 5.41) is 0. The maximum absolute atomic E-state index is 3.26. The van der Waals surface area contributed by atoms with E-state index in [1.807, 2.05) is 27.7 Å². The molecule has 0 heteroatoms. The summed E-state index contributed by atoms with van der Waals surface area (Å²) in [6.07, 6.45) is 0. The van der Waals surface area contributed by atoms with Crippen molar-refractivity contribution < 1.29 is 0 Å². The molecule has 0 spiro atoms. The van der Waals surface area contributed by atoms with Crippen molar-refractivity contribution in [3.05, 3.63) is 44.6 Å². The van der Waals surface area contributed by atoms with Gasteiger partial charge in [0, 0.05) is 22.3 Å². The number of hydrogen-bond acceptors (Lipinski definition) is 0. The topological polar surface area (TPSA) is 0 Å². The number of allylic oxidation sites excluding steroid dienone is 8. The Morgan fingerprint density at radius 2 is 0.625 bits per heavy atom. The van der Waals surface area contributed by atoms with Crippen molar-refractivity contribution in [2.45, 2.75) is 55.4 Å². The first kappa shape index (κ1) is 19.2. The highest BCUT2D eigenvalue weighted by molar-refractivity contribution is 5.72. The molecule has 0 aromatic rings. The summed E-state index contributed by atoms with van der Waals surface area (Å²) < 4.78 is 0. The molecule has 1 aliphatic rings. The van der Waals surface area contributed by atoms with Gasteiger partial charge in [0.05, 0.1) is 0 Å². The third-order valence-corrected chi connectivity index (χ3v) is 4.06. The van der Waals surface area contributed by atoms with Crippen LogP contribution in [0, 0.1) is 47.4 Å². The number of rotatable bonds is 0. The van der Waals surface area contributed by atoms with Crippen LogP contribution < -0.4 is 0 Å². The van der Waals surface area contributed by atoms with Gasteiger partial charge in [0.25, 0.3) is 0 Å². The van der Waals surface area contributed by atoms with Crippen molar-refractivity contribution in [1.29, 1.82) is 0 Å². The fourth-order valence-electron chi connectivity index (χ4n) is 2.75. The molecule has 0 atom stereocenters. The van der Waals surface area contributed by atoms with Crippen LogP contribution in [0.4, 0.5) is 0 Å². The van der Waals surface area contributed by atoms with E-state index >= 15 is 0 Å². The van der Waals surface area contributed by atoms with Gasteiger partial charge in [0.2, 0.25) is 0 Å². The van der Waals surface area contributed by atoms with Gasteiger partial charge in [0.1, 0.15) is 0 Å². The van der Waals surface area contributed by atoms with E-state index in [4.69, 9.17) is 0 Å². The molecule has 0 saturated heterocycles. The average Bonchev–Trinajstić information content (AvgIpc) is 2.57. The Labute approximate surface area is 147 Å². The fraction of sp³-hybridized carbons (Fsp3) is 0.333. The van der Waals surface area contributed by atoms with Crippen LogP contribution in [0.1, 0.15) is 55.4 Å². The van der Waals surface area contributed by atoms with Crippen molar-refractivity contribution in [3.8, 4) is 47.4 Å². The lowest BCUT2D eigenvalue weighted by Crippen LogP contribution is -2.05. The van der Waals surface area contributed by atoms with Gasteiger partial charge in [-0.1, -0.05) is 23.7 Å². The van der Waals surface area contributed by atoms with Crippen molar-refractivity contribution in [3.63, 3.8) is 0 Å². The maximum Gasteiger partial charge on any atom is 0.0446 e. The normalized spacial score (nSPS) is 20.3. The molecule has 120 valence electrons. The van der Waals surface area contributed by atoms with E-state index in [9.17, 15) is 0 Å². The van der Waals surface area contributed by atoms with E-state index < -0.39 is 0 Å². The molecule has 0 fully saturated rings. The second-order valence-corrected chi connectivity index (χ2v) is 5.50. The Bertz CT molecular complexity index is 844. The van der Waals surface area contributed by atoms with E-state index in [0.717, 1.165) is 44.6 Å². The summed E-state index contributed by atoms with van der Waals surface area (Å²) in [4.78, 5) is 0. The molecule has 0 saturated carbocycles. The summed E-state index contributed by atoms with van der Waals surface area (Å²) in [5.41, 5.74) is 8.40. The molecule has 0 aliphatic heterocycles. The van der Waals surface area contributed by atoms with Gasteiger partial charge in [0.15, 0.2) is 0 Å². The molecule has 0 heterocycles. The molecule has 1 rings (SSSR count). The Morgan fingerprint density at radius 3 is 0.875 bits per heavy atom. The Kier molecular flexibility index (Phi) is 7.00. The van der Waals surface area contributed by atoms with Crippen molar-refractivity contribution in [2.75, 3.05) is 0 Å². The summed E-state index contributed by atoms with van der Waals surface area (Å²) in [7, 11) is 0. The molecule has 0 radical (unpaired) electrons. The van der Waals surface area contributed by atoms with Gasteiger partial charge >= 0.3 is 0 Å². The average molecular weight is 312 g/mol. The molecule has 0 unspecified atom stereocenters. The fourth-order valence-corrected chi connectivity index (χ4v) is 2.75. The van der Waals surface area contributed by atoms with Gasteiger partial charge in [-0.2, -0.15) is 0 Å². The lowest BCUT2D eigenvalue weighted by Gasteiger charge is -2.19. The van der Waals surface area contributed by atoms with Crippen molar-refractivity contribution >= 4 is 0 Å². The first-order chi connectivity index (χ1) is 11.4. The molecule has 0 nitrogen and oxygen atoms in total. The SMILES string of the molecule is CC#CC1=C(C)/C(C#CC)=C(C#CC)\C(C)=C(\C#CC)C(C)=C1C. The summed E-state index contributed by atoms with van der Waals surface area (Å²) >= 11 is 0. The van der Waals surface area contributed by atoms with Crippen LogP contribution in [0.25, 0.3) is 0 Å². The molecule has 0 amide bonds. The van der Waals surface area contributed by atoms with Crippen LogP contribution in [-0.4, -0.2) is 0 Å². The van der Waals surface area contributed by atoms with Gasteiger partial charge in [-0.3, -0.25) is 0 Å². The van der Waals surface area contributed by atoms with E-state index in [0.29, 0.717) is 0 Å². The molecule has 0 aromatic carbocycles. The minimum absolute atomic E-state index is 0.948. The van der Waals surface area contributed by atoms with E-state index in [-0.39, 0.29) is 0 Å². The predicted molar refractivity (Wildman–Crippen MR) is 105 cm³/mol. The summed E-state index contributed by atoms with van der Waals surface area (Å²) in [6, 6.07) is 0. The zero-order valence-corrected chi connectivity index (χ0v) is 16.0. The van der Waals surface area contributed by atoms with E-state index in [1.165, 1.54) is 0 Å². The predicted octanol–water partition coefficient (Wildman–Crippen LogP) is 5.36. The monoisotopic (exact) mass is 312 g/mol. The Morgan fingerprint density at radius 1 is 0.375 bits per heavy atom. The Hall–Kier alpha value is -2.80. The molecule has 1 aliphatic carbocycles. The standard InChI is InChI=1S/C24H24/c1-9-13-21-17(5)18(6)22(14-10-2)20(8)24(16-12-4)23(15-11-3)19(21)7/h1-8H3/b18-17?,21-17?,21-19-,22-18?,22-20?,23-19?,24-20?,24-23-. The molecule has 0 N–H and O–H groups in total. The summed E-state index contributed by atoms with van der Waals surface area (Å²) in [5.74, 6) is 25.1. The zero-order chi connectivity index (χ0) is 18.3. The van der Waals surface area contributed by atoms with Gasteiger partial charge < -0.3 is 0 Å². The highest BCUT2D eigenvalue weighted by Gasteiger charge is 2.20. The molecule has 0 bridgehead atoms. The Balaban J connectivity index is 4.20. The first-order valence-corrected chi connectivity index (χ1v) is 8.00. The smallest absolute Gasteiger partial charge is 0.0446 e. The lowest BCUT2D eigenvalue weighted by molar-refractivity contribution is 1.21. The van der Waals surface area contributed by atoms with Crippen LogP contribution in [0.3, 0.4) is 0 Å². The second kappa shape index (κ2) is 8.73. The molecule has 24 heavy (non-hydrogen) atoms. The van der Waals surface area contributed by atoms with E-state index in [1.54, 1.807) is 0 Å². The van der Waals surface area contributed by atoms with Crippen LogP contribution in [0.2, 0.25) is 0 Å². The minimum Gasteiger partial charge on any atom is -0.101 e. The van der Waals surface area contributed by atoms with Gasteiger partial charge in [-0.05, 0) is 77.7 Å². The van der Waals surface area contributed by atoms with Gasteiger partial charge in [-0.15, -0.1) is 23.7 Å². The quantitative estimate of drug-likeness (QED) is 0.528. The third kappa shape index (κ3) is 3.75. The molecular formula is C24H24. The van der Waals surface area contributed by atoms with Crippen LogP contribution >= 0.6 is 0 Å². The highest BCUT2D eigenvalue weighted by atomic mass is 14.2. The van der Waals surface area contributed by atoms with Crippen LogP contribution in [0.5, 0.6) is 0 Å². The number of hydrogen-bond donors (Lipinski definition) is 0. The summed E-state index contributed by atoms with van der Waals surface area (Å²) in [6.45, 7) is 15.8. The third-order valence-electron chi connectivity index (χ3n) is 4.06. The van der Waals surface area contributed by atoms with Crippen molar-refractivity contribution in [2.24, 2.45) is 0 Å². The molecular weight excluding hydrogens is 288 g/mol. The zero-order valence-electron chi connectivity index (χ0n) is 16.0. The lowest BCUT2D eigenvalue weighted by atomic mass is 9.83. The van der Waals surface area contributed by atoms with E-state index in [2.05, 4.69) is 75.1 Å². The van der Waals surface area contributed by atoms with Gasteiger partial charge in [-0.25, -0.2) is 0 Å². The van der Waals surface area contributed by atoms with Crippen LogP contribution in [0.15, 0.2) is 44.6 Å². The highest BCUT2D eigenvalue weighted by Crippen LogP contribution is 2.34. The maximum atomic E-state index is 3.26. The second-order valence-electron chi connectivity index (χ2n) is 5.50.